The Morgan fingerprint density at radius 1 is 1.43 bits per heavy atom. The summed E-state index contributed by atoms with van der Waals surface area (Å²) in [5, 5.41) is 3.43. The minimum atomic E-state index is 0.177. The van der Waals surface area contributed by atoms with Crippen molar-refractivity contribution in [1.29, 1.82) is 0 Å². The van der Waals surface area contributed by atoms with Crippen molar-refractivity contribution in [2.24, 2.45) is 17.1 Å². The molecule has 1 saturated heterocycles. The van der Waals surface area contributed by atoms with Gasteiger partial charge in [0, 0.05) is 19.3 Å². The molecule has 84 valence electrons. The van der Waals surface area contributed by atoms with Gasteiger partial charge < -0.3 is 15.8 Å². The largest absolute Gasteiger partial charge is 0.381 e. The quantitative estimate of drug-likeness (QED) is 0.711. The van der Waals surface area contributed by atoms with Crippen LogP contribution in [0.2, 0.25) is 0 Å². The van der Waals surface area contributed by atoms with Gasteiger partial charge in [-0.1, -0.05) is 13.8 Å². The molecular formula is C11H24N2O. The first-order valence-corrected chi connectivity index (χ1v) is 5.57. The van der Waals surface area contributed by atoms with Gasteiger partial charge in [-0.2, -0.15) is 0 Å². The molecule has 3 N–H and O–H groups in total. The molecule has 0 amide bonds. The van der Waals surface area contributed by atoms with E-state index < -0.39 is 0 Å². The van der Waals surface area contributed by atoms with Crippen molar-refractivity contribution in [2.75, 3.05) is 26.8 Å². The van der Waals surface area contributed by atoms with Gasteiger partial charge in [-0.05, 0) is 37.8 Å². The van der Waals surface area contributed by atoms with Crippen LogP contribution in [-0.2, 0) is 4.74 Å². The third-order valence-corrected chi connectivity index (χ3v) is 3.42. The molecule has 1 unspecified atom stereocenters. The number of hydrogen-bond donors (Lipinski definition) is 2. The van der Waals surface area contributed by atoms with Crippen LogP contribution < -0.4 is 11.1 Å². The second kappa shape index (κ2) is 5.10. The summed E-state index contributed by atoms with van der Waals surface area (Å²) in [7, 11) is 2.04. The normalized spacial score (nSPS) is 22.3. The summed E-state index contributed by atoms with van der Waals surface area (Å²) in [6.45, 7) is 7.02. The molecule has 0 aromatic heterocycles. The van der Waals surface area contributed by atoms with Gasteiger partial charge in [0.05, 0.1) is 0 Å². The van der Waals surface area contributed by atoms with Crippen LogP contribution in [-0.4, -0.2) is 32.8 Å². The monoisotopic (exact) mass is 200 g/mol. The third kappa shape index (κ3) is 2.69. The molecule has 0 radical (unpaired) electrons. The molecule has 1 fully saturated rings. The Morgan fingerprint density at radius 2 is 2.00 bits per heavy atom. The van der Waals surface area contributed by atoms with Crippen molar-refractivity contribution >= 4 is 0 Å². The molecule has 0 saturated carbocycles. The summed E-state index contributed by atoms with van der Waals surface area (Å²) in [6, 6.07) is 0.511. The van der Waals surface area contributed by atoms with E-state index in [1.807, 2.05) is 7.05 Å². The van der Waals surface area contributed by atoms with Gasteiger partial charge in [-0.25, -0.2) is 0 Å². The van der Waals surface area contributed by atoms with Crippen molar-refractivity contribution in [3.8, 4) is 0 Å². The van der Waals surface area contributed by atoms with Crippen LogP contribution >= 0.6 is 0 Å². The number of hydrogen-bond acceptors (Lipinski definition) is 3. The van der Waals surface area contributed by atoms with Gasteiger partial charge in [0.25, 0.3) is 0 Å². The molecule has 1 atom stereocenters. The van der Waals surface area contributed by atoms with E-state index in [0.29, 0.717) is 12.0 Å². The Balaban J connectivity index is 2.59. The predicted molar refractivity (Wildman–Crippen MR) is 59.2 cm³/mol. The maximum atomic E-state index is 5.82. The van der Waals surface area contributed by atoms with Gasteiger partial charge in [0.15, 0.2) is 0 Å². The van der Waals surface area contributed by atoms with Crippen molar-refractivity contribution in [2.45, 2.75) is 32.7 Å². The molecular weight excluding hydrogens is 176 g/mol. The highest BCUT2D eigenvalue weighted by molar-refractivity contribution is 4.90. The highest BCUT2D eigenvalue weighted by atomic mass is 16.5. The zero-order valence-corrected chi connectivity index (χ0v) is 9.68. The maximum absolute atomic E-state index is 5.82. The lowest BCUT2D eigenvalue weighted by Crippen LogP contribution is -2.50. The molecule has 3 heteroatoms. The second-order valence-electron chi connectivity index (χ2n) is 4.91. The molecule has 1 rings (SSSR count). The first-order chi connectivity index (χ1) is 6.61. The fourth-order valence-electron chi connectivity index (χ4n) is 2.44. The number of ether oxygens (including phenoxy) is 1. The van der Waals surface area contributed by atoms with Crippen LogP contribution in [0.15, 0.2) is 0 Å². The van der Waals surface area contributed by atoms with E-state index in [1.54, 1.807) is 0 Å². The average molecular weight is 200 g/mol. The van der Waals surface area contributed by atoms with Crippen molar-refractivity contribution < 1.29 is 4.74 Å². The lowest BCUT2D eigenvalue weighted by molar-refractivity contribution is 0.0349. The summed E-state index contributed by atoms with van der Waals surface area (Å²) < 4.78 is 5.38. The first-order valence-electron chi connectivity index (χ1n) is 5.57. The van der Waals surface area contributed by atoms with Crippen molar-refractivity contribution in [3.05, 3.63) is 0 Å². The van der Waals surface area contributed by atoms with Crippen LogP contribution in [0.1, 0.15) is 26.7 Å². The molecule has 0 aromatic rings. The Labute approximate surface area is 87.4 Å². The molecule has 0 bridgehead atoms. The van der Waals surface area contributed by atoms with Gasteiger partial charge in [0.1, 0.15) is 0 Å². The van der Waals surface area contributed by atoms with Crippen LogP contribution in [0, 0.1) is 11.3 Å². The summed E-state index contributed by atoms with van der Waals surface area (Å²) in [5.41, 5.74) is 6.00. The fraction of sp³-hybridized carbons (Fsp3) is 1.00. The zero-order valence-electron chi connectivity index (χ0n) is 9.68. The Hall–Kier alpha value is -0.120. The SMILES string of the molecule is CNC(C1CCOCC1)C(C)(C)CN. The van der Waals surface area contributed by atoms with Crippen LogP contribution in [0.4, 0.5) is 0 Å². The smallest absolute Gasteiger partial charge is 0.0469 e. The van der Waals surface area contributed by atoms with Gasteiger partial charge in [0.2, 0.25) is 0 Å². The van der Waals surface area contributed by atoms with E-state index in [4.69, 9.17) is 10.5 Å². The Kier molecular flexibility index (Phi) is 4.35. The molecule has 0 spiro atoms. The highest BCUT2D eigenvalue weighted by Gasteiger charge is 2.34. The molecule has 1 aliphatic heterocycles. The topological polar surface area (TPSA) is 47.3 Å². The Bertz CT molecular complexity index is 165. The predicted octanol–water partition coefficient (Wildman–Crippen LogP) is 0.986. The van der Waals surface area contributed by atoms with Crippen LogP contribution in [0.5, 0.6) is 0 Å². The average Bonchev–Trinajstić information content (AvgIpc) is 2.20. The third-order valence-electron chi connectivity index (χ3n) is 3.42. The molecule has 0 aromatic carbocycles. The molecule has 14 heavy (non-hydrogen) atoms. The zero-order chi connectivity index (χ0) is 10.6. The molecule has 3 nitrogen and oxygen atoms in total. The Morgan fingerprint density at radius 3 is 2.43 bits per heavy atom. The molecule has 0 aliphatic carbocycles. The highest BCUT2D eigenvalue weighted by Crippen LogP contribution is 2.30. The van der Waals surface area contributed by atoms with E-state index in [-0.39, 0.29) is 5.41 Å². The summed E-state index contributed by atoms with van der Waals surface area (Å²) in [5.74, 6) is 0.715. The standard InChI is InChI=1S/C11H24N2O/c1-11(2,8-12)10(13-3)9-4-6-14-7-5-9/h9-10,13H,4-8,12H2,1-3H3. The van der Waals surface area contributed by atoms with E-state index in [2.05, 4.69) is 19.2 Å². The number of nitrogens with two attached hydrogens (primary N) is 1. The molecule has 1 heterocycles. The van der Waals surface area contributed by atoms with Gasteiger partial charge in [-0.15, -0.1) is 0 Å². The number of rotatable bonds is 4. The second-order valence-corrected chi connectivity index (χ2v) is 4.91. The molecule has 1 aliphatic rings. The van der Waals surface area contributed by atoms with Crippen LogP contribution in [0.25, 0.3) is 0 Å². The van der Waals surface area contributed by atoms with Crippen molar-refractivity contribution in [3.63, 3.8) is 0 Å². The van der Waals surface area contributed by atoms with Crippen LogP contribution in [0.3, 0.4) is 0 Å². The summed E-state index contributed by atoms with van der Waals surface area (Å²) >= 11 is 0. The lowest BCUT2D eigenvalue weighted by Gasteiger charge is -2.40. The maximum Gasteiger partial charge on any atom is 0.0469 e. The van der Waals surface area contributed by atoms with Gasteiger partial charge in [-0.3, -0.25) is 0 Å². The van der Waals surface area contributed by atoms with Crippen molar-refractivity contribution in [1.82, 2.24) is 5.32 Å². The van der Waals surface area contributed by atoms with E-state index in [9.17, 15) is 0 Å². The summed E-state index contributed by atoms with van der Waals surface area (Å²) in [4.78, 5) is 0. The first kappa shape index (κ1) is 12.0. The minimum absolute atomic E-state index is 0.177. The van der Waals surface area contributed by atoms with E-state index in [0.717, 1.165) is 32.6 Å². The van der Waals surface area contributed by atoms with Gasteiger partial charge >= 0.3 is 0 Å². The lowest BCUT2D eigenvalue weighted by atomic mass is 9.74. The minimum Gasteiger partial charge on any atom is -0.381 e. The number of nitrogens with one attached hydrogen (secondary N) is 1. The summed E-state index contributed by atoms with van der Waals surface area (Å²) in [6.07, 6.45) is 2.32. The fourth-order valence-corrected chi connectivity index (χ4v) is 2.44. The van der Waals surface area contributed by atoms with E-state index in [1.165, 1.54) is 0 Å². The van der Waals surface area contributed by atoms with E-state index >= 15 is 0 Å².